The smallest absolute Gasteiger partial charge is 0.243 e. The predicted molar refractivity (Wildman–Crippen MR) is 70.1 cm³/mol. The molecule has 1 atom stereocenters. The van der Waals surface area contributed by atoms with Crippen LogP contribution in [0.1, 0.15) is 5.56 Å². The van der Waals surface area contributed by atoms with Crippen molar-refractivity contribution < 1.29 is 4.79 Å². The van der Waals surface area contributed by atoms with Gasteiger partial charge in [0.1, 0.15) is 5.54 Å². The highest BCUT2D eigenvalue weighted by atomic mass is 16.2. The molecule has 2 fully saturated rings. The van der Waals surface area contributed by atoms with Gasteiger partial charge < -0.3 is 10.2 Å². The van der Waals surface area contributed by atoms with E-state index in [1.165, 1.54) is 5.56 Å². The number of hydrogen-bond acceptors (Lipinski definition) is 3. The molecule has 1 N–H and O–H groups in total. The van der Waals surface area contributed by atoms with Crippen LogP contribution in [-0.2, 0) is 11.3 Å². The Kier molecular flexibility index (Phi) is 2.84. The van der Waals surface area contributed by atoms with E-state index in [-0.39, 0.29) is 11.4 Å². The highest BCUT2D eigenvalue weighted by Crippen LogP contribution is 2.28. The summed E-state index contributed by atoms with van der Waals surface area (Å²) in [5.74, 6) is 0.185. The molecule has 1 aromatic rings. The maximum Gasteiger partial charge on any atom is 0.243 e. The Morgan fingerprint density at radius 1 is 1.28 bits per heavy atom. The minimum absolute atomic E-state index is 0.185. The van der Waals surface area contributed by atoms with Gasteiger partial charge in [0, 0.05) is 32.7 Å². The summed E-state index contributed by atoms with van der Waals surface area (Å²) in [6.45, 7) is 4.47. The standard InChI is InChI=1S/C14H19N3O/c1-16-7-8-17(9-12-5-3-2-4-6-12)14(11-16)10-15-13(14)18/h2-6H,7-11H2,1H3,(H,15,18). The van der Waals surface area contributed by atoms with Crippen molar-refractivity contribution in [2.75, 3.05) is 33.2 Å². The number of hydrogen-bond donors (Lipinski definition) is 1. The highest BCUT2D eigenvalue weighted by molar-refractivity contribution is 5.93. The predicted octanol–water partition coefficient (Wildman–Crippen LogP) is 0.303. The number of nitrogens with zero attached hydrogens (tertiary/aromatic N) is 2. The fourth-order valence-corrected chi connectivity index (χ4v) is 2.91. The summed E-state index contributed by atoms with van der Waals surface area (Å²) >= 11 is 0. The van der Waals surface area contributed by atoms with E-state index in [0.717, 1.165) is 32.7 Å². The van der Waals surface area contributed by atoms with Crippen LogP contribution in [0.3, 0.4) is 0 Å². The Morgan fingerprint density at radius 3 is 2.67 bits per heavy atom. The van der Waals surface area contributed by atoms with Crippen molar-refractivity contribution in [3.8, 4) is 0 Å². The van der Waals surface area contributed by atoms with Crippen LogP contribution in [0.4, 0.5) is 0 Å². The zero-order chi connectivity index (χ0) is 12.6. The van der Waals surface area contributed by atoms with Crippen LogP contribution in [0.15, 0.2) is 30.3 Å². The fourth-order valence-electron chi connectivity index (χ4n) is 2.91. The minimum atomic E-state index is -0.289. The molecule has 0 saturated carbocycles. The molecule has 0 bridgehead atoms. The molecule has 1 unspecified atom stereocenters. The van der Waals surface area contributed by atoms with Crippen LogP contribution in [0.2, 0.25) is 0 Å². The van der Waals surface area contributed by atoms with E-state index in [1.54, 1.807) is 0 Å². The van der Waals surface area contributed by atoms with Crippen LogP contribution >= 0.6 is 0 Å². The molecule has 1 aromatic carbocycles. The molecule has 2 saturated heterocycles. The molecule has 18 heavy (non-hydrogen) atoms. The first-order chi connectivity index (χ1) is 8.71. The zero-order valence-corrected chi connectivity index (χ0v) is 10.7. The summed E-state index contributed by atoms with van der Waals surface area (Å²) in [7, 11) is 2.09. The van der Waals surface area contributed by atoms with Crippen molar-refractivity contribution >= 4 is 5.91 Å². The van der Waals surface area contributed by atoms with Crippen molar-refractivity contribution in [2.45, 2.75) is 12.1 Å². The third kappa shape index (κ3) is 1.82. The summed E-state index contributed by atoms with van der Waals surface area (Å²) in [5, 5.41) is 2.90. The van der Waals surface area contributed by atoms with E-state index in [9.17, 15) is 4.79 Å². The summed E-state index contributed by atoms with van der Waals surface area (Å²) in [6, 6.07) is 10.4. The van der Waals surface area contributed by atoms with E-state index >= 15 is 0 Å². The van der Waals surface area contributed by atoms with Crippen LogP contribution in [0.5, 0.6) is 0 Å². The largest absolute Gasteiger partial charge is 0.352 e. The monoisotopic (exact) mass is 245 g/mol. The number of carbonyl (C=O) groups excluding carboxylic acids is 1. The summed E-state index contributed by atoms with van der Waals surface area (Å²) < 4.78 is 0. The fraction of sp³-hybridized carbons (Fsp3) is 0.500. The molecule has 0 aliphatic carbocycles. The first-order valence-electron chi connectivity index (χ1n) is 6.46. The van der Waals surface area contributed by atoms with Gasteiger partial charge in [0.25, 0.3) is 0 Å². The normalized spacial score (nSPS) is 29.1. The lowest BCUT2D eigenvalue weighted by Crippen LogP contribution is -2.78. The molecule has 4 nitrogen and oxygen atoms in total. The quantitative estimate of drug-likeness (QED) is 0.761. The number of rotatable bonds is 2. The zero-order valence-electron chi connectivity index (χ0n) is 10.7. The van der Waals surface area contributed by atoms with Gasteiger partial charge in [0.2, 0.25) is 5.91 Å². The molecule has 0 radical (unpaired) electrons. The average molecular weight is 245 g/mol. The van der Waals surface area contributed by atoms with Crippen LogP contribution < -0.4 is 5.32 Å². The van der Waals surface area contributed by atoms with Gasteiger partial charge in [-0.05, 0) is 12.6 Å². The number of amides is 1. The number of carbonyl (C=O) groups is 1. The lowest BCUT2D eigenvalue weighted by atomic mass is 9.86. The molecule has 2 aliphatic heterocycles. The molecule has 96 valence electrons. The Morgan fingerprint density at radius 2 is 2.06 bits per heavy atom. The van der Waals surface area contributed by atoms with Crippen molar-refractivity contribution in [2.24, 2.45) is 0 Å². The van der Waals surface area contributed by atoms with E-state index in [4.69, 9.17) is 0 Å². The van der Waals surface area contributed by atoms with E-state index in [1.807, 2.05) is 6.07 Å². The van der Waals surface area contributed by atoms with Gasteiger partial charge in [-0.15, -0.1) is 0 Å². The molecular weight excluding hydrogens is 226 g/mol. The lowest BCUT2D eigenvalue weighted by molar-refractivity contribution is -0.150. The van der Waals surface area contributed by atoms with Crippen molar-refractivity contribution in [1.82, 2.24) is 15.1 Å². The van der Waals surface area contributed by atoms with Crippen molar-refractivity contribution in [1.29, 1.82) is 0 Å². The average Bonchev–Trinajstić information content (AvgIpc) is 2.40. The topological polar surface area (TPSA) is 35.6 Å². The Hall–Kier alpha value is -1.39. The third-order valence-electron chi connectivity index (χ3n) is 4.07. The minimum Gasteiger partial charge on any atom is -0.352 e. The number of piperazine rings is 1. The second kappa shape index (κ2) is 4.37. The van der Waals surface area contributed by atoms with Gasteiger partial charge in [-0.1, -0.05) is 30.3 Å². The summed E-state index contributed by atoms with van der Waals surface area (Å²) in [4.78, 5) is 16.6. The van der Waals surface area contributed by atoms with Gasteiger partial charge in [-0.3, -0.25) is 9.69 Å². The Bertz CT molecular complexity index is 448. The highest BCUT2D eigenvalue weighted by Gasteiger charge is 2.53. The van der Waals surface area contributed by atoms with Crippen LogP contribution in [-0.4, -0.2) is 54.5 Å². The van der Waals surface area contributed by atoms with E-state index in [2.05, 4.69) is 46.4 Å². The maximum absolute atomic E-state index is 12.0. The second-order valence-corrected chi connectivity index (χ2v) is 5.36. The number of β-lactam (4-membered cyclic amide) rings is 1. The van der Waals surface area contributed by atoms with Gasteiger partial charge in [-0.25, -0.2) is 0 Å². The molecule has 2 aliphatic rings. The number of benzene rings is 1. The first kappa shape index (κ1) is 11.7. The van der Waals surface area contributed by atoms with Gasteiger partial charge >= 0.3 is 0 Å². The van der Waals surface area contributed by atoms with Crippen LogP contribution in [0.25, 0.3) is 0 Å². The maximum atomic E-state index is 12.0. The molecule has 3 rings (SSSR count). The molecule has 1 amide bonds. The van der Waals surface area contributed by atoms with Crippen molar-refractivity contribution in [3.05, 3.63) is 35.9 Å². The number of likely N-dealkylation sites (N-methyl/N-ethyl adjacent to an activating group) is 1. The van der Waals surface area contributed by atoms with Gasteiger partial charge in [-0.2, -0.15) is 0 Å². The molecular formula is C14H19N3O. The van der Waals surface area contributed by atoms with Crippen molar-refractivity contribution in [3.63, 3.8) is 0 Å². The van der Waals surface area contributed by atoms with E-state index in [0.29, 0.717) is 0 Å². The Labute approximate surface area is 108 Å². The lowest BCUT2D eigenvalue weighted by Gasteiger charge is -2.53. The summed E-state index contributed by atoms with van der Waals surface area (Å²) in [5.41, 5.74) is 0.990. The Balaban J connectivity index is 1.80. The summed E-state index contributed by atoms with van der Waals surface area (Å²) in [6.07, 6.45) is 0. The molecule has 1 spiro atoms. The molecule has 0 aromatic heterocycles. The first-order valence-corrected chi connectivity index (χ1v) is 6.46. The molecule has 4 heteroatoms. The SMILES string of the molecule is CN1CCN(Cc2ccccc2)C2(CNC2=O)C1. The van der Waals surface area contributed by atoms with Crippen LogP contribution in [0, 0.1) is 0 Å². The second-order valence-electron chi connectivity index (χ2n) is 5.36. The number of nitrogens with one attached hydrogen (secondary N) is 1. The molecule has 2 heterocycles. The third-order valence-corrected chi connectivity index (χ3v) is 4.07. The van der Waals surface area contributed by atoms with E-state index < -0.39 is 0 Å². The van der Waals surface area contributed by atoms with Gasteiger partial charge in [0.05, 0.1) is 0 Å². The van der Waals surface area contributed by atoms with Gasteiger partial charge in [0.15, 0.2) is 0 Å².